The molecule has 7 nitrogen and oxygen atoms in total. The second-order valence-electron chi connectivity index (χ2n) is 6.50. The van der Waals surface area contributed by atoms with Crippen molar-refractivity contribution in [2.45, 2.75) is 31.1 Å². The molecule has 0 saturated carbocycles. The molecule has 1 aliphatic rings. The molecule has 0 saturated heterocycles. The molecule has 2 aromatic rings. The highest BCUT2D eigenvalue weighted by atomic mass is 32.2. The van der Waals surface area contributed by atoms with E-state index in [0.717, 1.165) is 23.2 Å². The van der Waals surface area contributed by atoms with Crippen molar-refractivity contribution in [3.8, 4) is 0 Å². The molecule has 27 heavy (non-hydrogen) atoms. The highest BCUT2D eigenvalue weighted by Crippen LogP contribution is 2.30. The number of carbonyl (C=O) groups excluding carboxylic acids is 2. The van der Waals surface area contributed by atoms with E-state index in [4.69, 9.17) is 5.14 Å². The molecule has 0 atom stereocenters. The summed E-state index contributed by atoms with van der Waals surface area (Å²) in [7, 11) is -3.71. The van der Waals surface area contributed by atoms with E-state index in [1.54, 1.807) is 30.0 Å². The minimum Gasteiger partial charge on any atom is -0.326 e. The maximum absolute atomic E-state index is 12.2. The van der Waals surface area contributed by atoms with E-state index in [9.17, 15) is 18.0 Å². The Balaban J connectivity index is 1.58. The van der Waals surface area contributed by atoms with Gasteiger partial charge in [-0.15, -0.1) is 0 Å². The molecule has 0 bridgehead atoms. The second kappa shape index (κ2) is 7.50. The summed E-state index contributed by atoms with van der Waals surface area (Å²) in [5.74, 6) is -0.120. The molecular formula is C19H21N3O4S. The van der Waals surface area contributed by atoms with E-state index in [0.29, 0.717) is 18.7 Å². The first-order valence-corrected chi connectivity index (χ1v) is 10.1. The molecule has 0 fully saturated rings. The first-order valence-electron chi connectivity index (χ1n) is 8.56. The standard InChI is InChI=1S/C19H21N3O4S/c1-13(23)22-11-10-15-12-16(5-8-18(15)22)21-19(24)9-4-14-2-6-17(7-3-14)27(20,25)26/h2-3,5-8,12H,4,9-11H2,1H3,(H,21,24)(H2,20,25,26). The summed E-state index contributed by atoms with van der Waals surface area (Å²) in [5.41, 5.74) is 3.49. The van der Waals surface area contributed by atoms with Crippen LogP contribution in [0.25, 0.3) is 0 Å². The van der Waals surface area contributed by atoms with Crippen LogP contribution in [-0.2, 0) is 32.5 Å². The normalized spacial score (nSPS) is 13.3. The van der Waals surface area contributed by atoms with Gasteiger partial charge in [0.2, 0.25) is 21.8 Å². The molecule has 2 aromatic carbocycles. The number of hydrogen-bond donors (Lipinski definition) is 2. The van der Waals surface area contributed by atoms with Gasteiger partial charge in [0.25, 0.3) is 0 Å². The molecule has 3 rings (SSSR count). The number of anilines is 2. The lowest BCUT2D eigenvalue weighted by molar-refractivity contribution is -0.117. The Morgan fingerprint density at radius 3 is 2.48 bits per heavy atom. The number of fused-ring (bicyclic) bond motifs is 1. The molecule has 142 valence electrons. The molecule has 0 radical (unpaired) electrons. The fraction of sp³-hybridized carbons (Fsp3) is 0.263. The summed E-state index contributed by atoms with van der Waals surface area (Å²) in [6, 6.07) is 11.7. The summed E-state index contributed by atoms with van der Waals surface area (Å²) in [4.78, 5) is 25.6. The van der Waals surface area contributed by atoms with E-state index in [1.807, 2.05) is 12.1 Å². The Kier molecular flexibility index (Phi) is 5.29. The van der Waals surface area contributed by atoms with Crippen molar-refractivity contribution < 1.29 is 18.0 Å². The number of primary sulfonamides is 1. The van der Waals surface area contributed by atoms with Gasteiger partial charge in [-0.3, -0.25) is 9.59 Å². The van der Waals surface area contributed by atoms with Crippen molar-refractivity contribution in [2.24, 2.45) is 5.14 Å². The van der Waals surface area contributed by atoms with Gasteiger partial charge in [0.1, 0.15) is 0 Å². The maximum Gasteiger partial charge on any atom is 0.238 e. The molecule has 0 aromatic heterocycles. The van der Waals surface area contributed by atoms with Crippen LogP contribution in [-0.4, -0.2) is 26.8 Å². The first-order chi connectivity index (χ1) is 12.7. The van der Waals surface area contributed by atoms with Crippen LogP contribution in [0.15, 0.2) is 47.4 Å². The van der Waals surface area contributed by atoms with Crippen LogP contribution in [0.3, 0.4) is 0 Å². The number of rotatable bonds is 5. The Morgan fingerprint density at radius 1 is 1.15 bits per heavy atom. The number of benzene rings is 2. The Morgan fingerprint density at radius 2 is 1.85 bits per heavy atom. The third-order valence-electron chi connectivity index (χ3n) is 4.53. The van der Waals surface area contributed by atoms with Gasteiger partial charge < -0.3 is 10.2 Å². The van der Waals surface area contributed by atoms with E-state index in [-0.39, 0.29) is 23.1 Å². The summed E-state index contributed by atoms with van der Waals surface area (Å²) < 4.78 is 22.5. The van der Waals surface area contributed by atoms with Gasteiger partial charge >= 0.3 is 0 Å². The molecule has 0 spiro atoms. The van der Waals surface area contributed by atoms with E-state index >= 15 is 0 Å². The smallest absolute Gasteiger partial charge is 0.238 e. The fourth-order valence-electron chi connectivity index (χ4n) is 3.13. The monoisotopic (exact) mass is 387 g/mol. The topological polar surface area (TPSA) is 110 Å². The van der Waals surface area contributed by atoms with Crippen LogP contribution in [0.2, 0.25) is 0 Å². The second-order valence-corrected chi connectivity index (χ2v) is 8.06. The fourth-order valence-corrected chi connectivity index (χ4v) is 3.65. The number of carbonyl (C=O) groups is 2. The number of nitrogens with zero attached hydrogens (tertiary/aromatic N) is 1. The molecule has 0 unspecified atom stereocenters. The summed E-state index contributed by atoms with van der Waals surface area (Å²) in [6.07, 6.45) is 1.53. The number of nitrogens with two attached hydrogens (primary N) is 1. The molecule has 8 heteroatoms. The van der Waals surface area contributed by atoms with Gasteiger partial charge in [0.15, 0.2) is 0 Å². The SMILES string of the molecule is CC(=O)N1CCc2cc(NC(=O)CCc3ccc(S(N)(=O)=O)cc3)ccc21. The maximum atomic E-state index is 12.2. The third-order valence-corrected chi connectivity index (χ3v) is 5.46. The van der Waals surface area contributed by atoms with Crippen molar-refractivity contribution in [3.05, 3.63) is 53.6 Å². The zero-order valence-corrected chi connectivity index (χ0v) is 15.8. The minimum absolute atomic E-state index is 0.0130. The van der Waals surface area contributed by atoms with Crippen molar-refractivity contribution in [2.75, 3.05) is 16.8 Å². The third kappa shape index (κ3) is 4.53. The first kappa shape index (κ1) is 19.1. The average Bonchev–Trinajstić information content (AvgIpc) is 3.03. The highest BCUT2D eigenvalue weighted by molar-refractivity contribution is 7.89. The van der Waals surface area contributed by atoms with Gasteiger partial charge in [0, 0.05) is 31.3 Å². The van der Waals surface area contributed by atoms with E-state index in [2.05, 4.69) is 5.32 Å². The zero-order valence-electron chi connectivity index (χ0n) is 14.9. The number of amides is 2. The van der Waals surface area contributed by atoms with Crippen LogP contribution in [0.5, 0.6) is 0 Å². The van der Waals surface area contributed by atoms with Crippen molar-refractivity contribution in [1.29, 1.82) is 0 Å². The van der Waals surface area contributed by atoms with Gasteiger partial charge in [-0.05, 0) is 54.3 Å². The predicted octanol–water partition coefficient (Wildman–Crippen LogP) is 1.81. The Hall–Kier alpha value is -2.71. The summed E-state index contributed by atoms with van der Waals surface area (Å²) in [6.45, 7) is 2.21. The molecule has 1 aliphatic heterocycles. The Bertz CT molecular complexity index is 985. The number of hydrogen-bond acceptors (Lipinski definition) is 4. The lowest BCUT2D eigenvalue weighted by Crippen LogP contribution is -2.25. The number of nitrogens with one attached hydrogen (secondary N) is 1. The summed E-state index contributed by atoms with van der Waals surface area (Å²) in [5, 5.41) is 7.93. The van der Waals surface area contributed by atoms with E-state index < -0.39 is 10.0 Å². The van der Waals surface area contributed by atoms with Crippen molar-refractivity contribution in [1.82, 2.24) is 0 Å². The van der Waals surface area contributed by atoms with Gasteiger partial charge in [-0.2, -0.15) is 0 Å². The molecule has 1 heterocycles. The van der Waals surface area contributed by atoms with Gasteiger partial charge in [-0.1, -0.05) is 12.1 Å². The molecule has 3 N–H and O–H groups in total. The van der Waals surface area contributed by atoms with Crippen LogP contribution in [0.4, 0.5) is 11.4 Å². The molecule has 0 aliphatic carbocycles. The lowest BCUT2D eigenvalue weighted by atomic mass is 10.1. The van der Waals surface area contributed by atoms with Crippen LogP contribution < -0.4 is 15.4 Å². The van der Waals surface area contributed by atoms with Crippen LogP contribution in [0.1, 0.15) is 24.5 Å². The lowest BCUT2D eigenvalue weighted by Gasteiger charge is -2.15. The van der Waals surface area contributed by atoms with Gasteiger partial charge in [-0.25, -0.2) is 13.6 Å². The van der Waals surface area contributed by atoms with Crippen molar-refractivity contribution >= 4 is 33.2 Å². The Labute approximate surface area is 158 Å². The van der Waals surface area contributed by atoms with Crippen LogP contribution in [0, 0.1) is 0 Å². The number of aryl methyl sites for hydroxylation is 1. The van der Waals surface area contributed by atoms with Crippen LogP contribution >= 0.6 is 0 Å². The largest absolute Gasteiger partial charge is 0.326 e. The van der Waals surface area contributed by atoms with E-state index in [1.165, 1.54) is 12.1 Å². The molecular weight excluding hydrogens is 366 g/mol. The van der Waals surface area contributed by atoms with Crippen molar-refractivity contribution in [3.63, 3.8) is 0 Å². The van der Waals surface area contributed by atoms with Gasteiger partial charge in [0.05, 0.1) is 4.90 Å². The predicted molar refractivity (Wildman–Crippen MR) is 103 cm³/mol. The number of sulfonamides is 1. The highest BCUT2D eigenvalue weighted by Gasteiger charge is 2.22. The average molecular weight is 387 g/mol. The quantitative estimate of drug-likeness (QED) is 0.815. The zero-order chi connectivity index (χ0) is 19.6. The molecule has 2 amide bonds. The summed E-state index contributed by atoms with van der Waals surface area (Å²) >= 11 is 0. The minimum atomic E-state index is -3.71.